The molecular formula is C6H16BO8. The largest absolute Gasteiger partial charge is 0.482 e. The molecule has 4 atom stereocenters. The molecule has 0 saturated heterocycles. The second-order valence-electron chi connectivity index (χ2n) is 2.60. The molecule has 0 aliphatic carbocycles. The van der Waals surface area contributed by atoms with Gasteiger partial charge >= 0.3 is 7.69 Å². The second kappa shape index (κ2) is 10.3. The maximum Gasteiger partial charge on any atom is 0.482 e. The van der Waals surface area contributed by atoms with Crippen molar-refractivity contribution in [1.29, 1.82) is 0 Å². The Bertz CT molecular complexity index is 122. The van der Waals surface area contributed by atoms with E-state index in [4.69, 9.17) is 40.7 Å². The third-order valence-electron chi connectivity index (χ3n) is 1.51. The first-order chi connectivity index (χ1) is 6.95. The number of hydrogen-bond acceptors (Lipinski definition) is 8. The Morgan fingerprint density at radius 3 is 1.07 bits per heavy atom. The molecule has 0 aromatic carbocycles. The molecule has 0 saturated carbocycles. The highest BCUT2D eigenvalue weighted by Gasteiger charge is 2.29. The number of rotatable bonds is 5. The van der Waals surface area contributed by atoms with Crippen molar-refractivity contribution in [2.75, 3.05) is 13.2 Å². The van der Waals surface area contributed by atoms with Crippen molar-refractivity contribution in [1.82, 2.24) is 0 Å². The van der Waals surface area contributed by atoms with Gasteiger partial charge in [-0.15, -0.1) is 0 Å². The molecule has 0 unspecified atom stereocenters. The summed E-state index contributed by atoms with van der Waals surface area (Å²) in [5.41, 5.74) is 0. The van der Waals surface area contributed by atoms with E-state index in [1.54, 1.807) is 0 Å². The van der Waals surface area contributed by atoms with Crippen LogP contribution in [0.15, 0.2) is 0 Å². The number of hydrogen-bond donors (Lipinski definition) is 8. The maximum atomic E-state index is 8.96. The Hall–Kier alpha value is -0.255. The van der Waals surface area contributed by atoms with Gasteiger partial charge in [0, 0.05) is 0 Å². The number of aliphatic hydroxyl groups is 6. The van der Waals surface area contributed by atoms with Gasteiger partial charge in [-0.2, -0.15) is 0 Å². The van der Waals surface area contributed by atoms with Crippen LogP contribution in [0.2, 0.25) is 0 Å². The predicted molar refractivity (Wildman–Crippen MR) is 48.4 cm³/mol. The van der Waals surface area contributed by atoms with E-state index in [9.17, 15) is 0 Å². The van der Waals surface area contributed by atoms with E-state index < -0.39 is 37.6 Å². The Morgan fingerprint density at radius 2 is 0.933 bits per heavy atom. The Kier molecular flexibility index (Phi) is 11.7. The zero-order valence-corrected chi connectivity index (χ0v) is 7.88. The molecular weight excluding hydrogens is 211 g/mol. The van der Waals surface area contributed by atoms with Crippen LogP contribution < -0.4 is 0 Å². The fourth-order valence-electron chi connectivity index (χ4n) is 0.671. The van der Waals surface area contributed by atoms with Crippen molar-refractivity contribution < 1.29 is 40.7 Å². The summed E-state index contributed by atoms with van der Waals surface area (Å²) in [6.45, 7) is -1.45. The average Bonchev–Trinajstić information content (AvgIpc) is 2.25. The molecule has 0 amide bonds. The van der Waals surface area contributed by atoms with E-state index in [1.165, 1.54) is 0 Å². The Morgan fingerprint density at radius 1 is 0.733 bits per heavy atom. The van der Waals surface area contributed by atoms with Gasteiger partial charge in [-0.05, 0) is 0 Å². The van der Waals surface area contributed by atoms with Gasteiger partial charge < -0.3 is 40.7 Å². The summed E-state index contributed by atoms with van der Waals surface area (Å²) >= 11 is 0. The summed E-state index contributed by atoms with van der Waals surface area (Å²) in [4.78, 5) is 0. The van der Waals surface area contributed by atoms with E-state index in [-0.39, 0.29) is 7.69 Å². The molecule has 0 heterocycles. The van der Waals surface area contributed by atoms with Gasteiger partial charge in [0.1, 0.15) is 24.4 Å². The molecule has 15 heavy (non-hydrogen) atoms. The molecule has 1 radical (unpaired) electrons. The highest BCUT2D eigenvalue weighted by molar-refractivity contribution is 6.13. The third kappa shape index (κ3) is 7.65. The summed E-state index contributed by atoms with van der Waals surface area (Å²) in [5, 5.41) is 66.2. The highest BCUT2D eigenvalue weighted by atomic mass is 16.4. The van der Waals surface area contributed by atoms with Crippen LogP contribution in [0, 0.1) is 0 Å². The van der Waals surface area contributed by atoms with Crippen molar-refractivity contribution >= 4 is 7.69 Å². The van der Waals surface area contributed by atoms with Gasteiger partial charge in [0.05, 0.1) is 13.2 Å². The Labute approximate surface area is 87.0 Å². The molecule has 0 fully saturated rings. The van der Waals surface area contributed by atoms with Crippen LogP contribution >= 0.6 is 0 Å². The minimum Gasteiger partial charge on any atom is -0.429 e. The number of aliphatic hydroxyl groups excluding tert-OH is 6. The molecule has 8 N–H and O–H groups in total. The first-order valence-corrected chi connectivity index (χ1v) is 4.00. The quantitative estimate of drug-likeness (QED) is 0.216. The summed E-state index contributed by atoms with van der Waals surface area (Å²) in [6.07, 6.45) is -6.39. The third-order valence-corrected chi connectivity index (χ3v) is 1.51. The lowest BCUT2D eigenvalue weighted by Crippen LogP contribution is -2.46. The van der Waals surface area contributed by atoms with Crippen molar-refractivity contribution in [3.63, 3.8) is 0 Å². The van der Waals surface area contributed by atoms with Crippen LogP contribution in [0.5, 0.6) is 0 Å². The molecule has 0 spiro atoms. The Balaban J connectivity index is 0. The smallest absolute Gasteiger partial charge is 0.429 e. The molecule has 0 bridgehead atoms. The SMILES string of the molecule is OC[C@@H](O)[C@@H](O)[C@H](O)[C@@H](O)CO.O[B]O. The maximum absolute atomic E-state index is 8.96. The van der Waals surface area contributed by atoms with Gasteiger partial charge in [-0.1, -0.05) is 0 Å². The van der Waals surface area contributed by atoms with Crippen LogP contribution in [0.3, 0.4) is 0 Å². The fourth-order valence-corrected chi connectivity index (χ4v) is 0.671. The van der Waals surface area contributed by atoms with Gasteiger partial charge in [0.25, 0.3) is 0 Å². The summed E-state index contributed by atoms with van der Waals surface area (Å²) in [5.74, 6) is 0. The standard InChI is InChI=1S/C6H14O6.BH2O2/c7-1-3(9)5(11)6(12)4(10)2-8;2-1-3/h3-12H,1-2H2;2-3H/t3-,4+,5-,6-;/m1./s1. The lowest BCUT2D eigenvalue weighted by Gasteiger charge is -2.24. The molecule has 9 heteroatoms. The molecule has 0 aromatic rings. The molecule has 8 nitrogen and oxygen atoms in total. The average molecular weight is 227 g/mol. The minimum absolute atomic E-state index is 0. The topological polar surface area (TPSA) is 162 Å². The molecule has 0 aliphatic rings. The van der Waals surface area contributed by atoms with Gasteiger partial charge in [0.2, 0.25) is 0 Å². The van der Waals surface area contributed by atoms with E-state index >= 15 is 0 Å². The van der Waals surface area contributed by atoms with Crippen LogP contribution in [0.4, 0.5) is 0 Å². The van der Waals surface area contributed by atoms with Crippen molar-refractivity contribution in [3.8, 4) is 0 Å². The molecule has 0 aliphatic heterocycles. The molecule has 91 valence electrons. The fraction of sp³-hybridized carbons (Fsp3) is 1.00. The zero-order valence-electron chi connectivity index (χ0n) is 7.88. The van der Waals surface area contributed by atoms with Crippen LogP contribution in [-0.2, 0) is 0 Å². The van der Waals surface area contributed by atoms with Gasteiger partial charge in [-0.3, -0.25) is 0 Å². The van der Waals surface area contributed by atoms with E-state index in [1.807, 2.05) is 0 Å². The molecule has 0 rings (SSSR count). The lowest BCUT2D eigenvalue weighted by atomic mass is 10.0. The zero-order chi connectivity index (χ0) is 12.4. The van der Waals surface area contributed by atoms with Crippen LogP contribution in [0.25, 0.3) is 0 Å². The first-order valence-electron chi connectivity index (χ1n) is 4.00. The van der Waals surface area contributed by atoms with Crippen molar-refractivity contribution in [2.45, 2.75) is 24.4 Å². The molecule has 0 aromatic heterocycles. The normalized spacial score (nSPS) is 18.1. The first kappa shape index (κ1) is 17.1. The summed E-state index contributed by atoms with van der Waals surface area (Å²) in [6, 6.07) is 0. The summed E-state index contributed by atoms with van der Waals surface area (Å²) in [7, 11) is 0. The van der Waals surface area contributed by atoms with Crippen molar-refractivity contribution in [3.05, 3.63) is 0 Å². The summed E-state index contributed by atoms with van der Waals surface area (Å²) < 4.78 is 0. The van der Waals surface area contributed by atoms with Crippen LogP contribution in [0.1, 0.15) is 0 Å². The highest BCUT2D eigenvalue weighted by Crippen LogP contribution is 2.03. The van der Waals surface area contributed by atoms with Crippen LogP contribution in [-0.4, -0.2) is 86.0 Å². The van der Waals surface area contributed by atoms with Crippen molar-refractivity contribution in [2.24, 2.45) is 0 Å². The predicted octanol–water partition coefficient (Wildman–Crippen LogP) is -5.08. The second-order valence-corrected chi connectivity index (χ2v) is 2.60. The van der Waals surface area contributed by atoms with Gasteiger partial charge in [-0.25, -0.2) is 0 Å². The monoisotopic (exact) mass is 227 g/mol. The lowest BCUT2D eigenvalue weighted by molar-refractivity contribution is -0.123. The van der Waals surface area contributed by atoms with E-state index in [2.05, 4.69) is 0 Å². The minimum atomic E-state index is -1.67. The van der Waals surface area contributed by atoms with E-state index in [0.29, 0.717) is 0 Å². The van der Waals surface area contributed by atoms with Gasteiger partial charge in [0.15, 0.2) is 0 Å². The van der Waals surface area contributed by atoms with E-state index in [0.717, 1.165) is 0 Å².